The number of carbonyl (C=O) groups excluding carboxylic acids is 1. The number of nitrogens with zero attached hydrogens (tertiary/aromatic N) is 2. The van der Waals surface area contributed by atoms with Crippen molar-refractivity contribution in [1.29, 1.82) is 0 Å². The Morgan fingerprint density at radius 3 is 2.04 bits per heavy atom. The summed E-state index contributed by atoms with van der Waals surface area (Å²) in [7, 11) is -4.10. The second kappa shape index (κ2) is 6.58. The van der Waals surface area contributed by atoms with E-state index < -0.39 is 14.9 Å². The van der Waals surface area contributed by atoms with E-state index in [9.17, 15) is 23.3 Å². The van der Waals surface area contributed by atoms with Gasteiger partial charge in [0.05, 0.1) is 22.1 Å². The highest BCUT2D eigenvalue weighted by atomic mass is 32.2. The van der Waals surface area contributed by atoms with E-state index in [0.717, 1.165) is 16.4 Å². The van der Waals surface area contributed by atoms with Gasteiger partial charge in [0, 0.05) is 23.3 Å². The maximum Gasteiger partial charge on any atom is 0.269 e. The third-order valence-corrected chi connectivity index (χ3v) is 6.39. The van der Waals surface area contributed by atoms with Crippen LogP contribution in [0.2, 0.25) is 0 Å². The molecule has 0 saturated carbocycles. The first kappa shape index (κ1) is 17.9. The molecule has 0 radical (unpaired) electrons. The molecule has 0 unspecified atom stereocenters. The van der Waals surface area contributed by atoms with E-state index in [2.05, 4.69) is 0 Å². The van der Waals surface area contributed by atoms with Crippen molar-refractivity contribution in [3.05, 3.63) is 88.5 Å². The van der Waals surface area contributed by atoms with Gasteiger partial charge in [-0.05, 0) is 23.8 Å². The third kappa shape index (κ3) is 2.84. The molecule has 0 bridgehead atoms. The molecule has 0 amide bonds. The number of nitro benzene ring substituents is 1. The monoisotopic (exact) mass is 394 g/mol. The average molecular weight is 394 g/mol. The molecule has 1 aliphatic heterocycles. The quantitative estimate of drug-likeness (QED) is 0.499. The number of non-ortho nitro benzene ring substituents is 1. The van der Waals surface area contributed by atoms with Crippen molar-refractivity contribution in [2.45, 2.75) is 4.90 Å². The average Bonchev–Trinajstić information content (AvgIpc) is 2.84. The summed E-state index contributed by atoms with van der Waals surface area (Å²) < 4.78 is 27.6. The van der Waals surface area contributed by atoms with Gasteiger partial charge in [0.2, 0.25) is 0 Å². The van der Waals surface area contributed by atoms with Crippen LogP contribution in [-0.4, -0.2) is 25.7 Å². The van der Waals surface area contributed by atoms with Crippen LogP contribution in [0.3, 0.4) is 0 Å². The molecule has 0 fully saturated rings. The number of ketones is 1. The fourth-order valence-electron chi connectivity index (χ4n) is 3.26. The lowest BCUT2D eigenvalue weighted by molar-refractivity contribution is -0.384. The van der Waals surface area contributed by atoms with Crippen LogP contribution in [0.4, 0.5) is 11.4 Å². The molecule has 140 valence electrons. The number of carbonyl (C=O) groups is 1. The fraction of sp³-hybridized carbons (Fsp3) is 0.0500. The predicted octanol–water partition coefficient (Wildman–Crippen LogP) is 3.65. The number of sulfonamides is 1. The lowest BCUT2D eigenvalue weighted by atomic mass is 9.97. The Hall–Kier alpha value is -3.52. The number of rotatable bonds is 3. The zero-order valence-electron chi connectivity index (χ0n) is 14.5. The van der Waals surface area contributed by atoms with Crippen molar-refractivity contribution >= 4 is 27.2 Å². The second-order valence-electron chi connectivity index (χ2n) is 6.25. The van der Waals surface area contributed by atoms with Gasteiger partial charge in [0.15, 0.2) is 5.78 Å². The lowest BCUT2D eigenvalue weighted by Crippen LogP contribution is -2.35. The third-order valence-electron chi connectivity index (χ3n) is 4.61. The molecule has 3 aromatic rings. The van der Waals surface area contributed by atoms with Gasteiger partial charge in [0.1, 0.15) is 0 Å². The van der Waals surface area contributed by atoms with Crippen LogP contribution in [0.1, 0.15) is 10.4 Å². The molecule has 0 aliphatic carbocycles. The molecule has 1 heterocycles. The molecule has 3 aromatic carbocycles. The molecule has 1 aliphatic rings. The minimum atomic E-state index is -4.10. The molecule has 8 heteroatoms. The summed E-state index contributed by atoms with van der Waals surface area (Å²) in [6.45, 7) is -0.354. The van der Waals surface area contributed by atoms with Crippen LogP contribution in [0.25, 0.3) is 11.1 Å². The molecule has 0 spiro atoms. The van der Waals surface area contributed by atoms with E-state index in [4.69, 9.17) is 0 Å². The summed E-state index contributed by atoms with van der Waals surface area (Å²) in [6, 6.07) is 18.5. The standard InChI is InChI=1S/C20H14N2O5S/c23-20-13-21(28(26,27)15-11-9-14(10-12-15)22(24)25)19-8-4-3-6-17(19)16-5-1-2-7-18(16)20/h1-12H,13H2. The number of Topliss-reactive ketones (excluding diaryl/α,β-unsaturated/α-hetero) is 1. The van der Waals surface area contributed by atoms with Crippen LogP contribution < -0.4 is 4.31 Å². The summed E-state index contributed by atoms with van der Waals surface area (Å²) in [5, 5.41) is 10.8. The fourth-order valence-corrected chi connectivity index (χ4v) is 4.70. The number of fused-ring (bicyclic) bond motifs is 3. The molecule has 4 rings (SSSR count). The number of para-hydroxylation sites is 1. The molecular weight excluding hydrogens is 380 g/mol. The van der Waals surface area contributed by atoms with E-state index in [-0.39, 0.29) is 22.9 Å². The van der Waals surface area contributed by atoms with Gasteiger partial charge in [0.25, 0.3) is 15.7 Å². The highest BCUT2D eigenvalue weighted by molar-refractivity contribution is 7.92. The zero-order chi connectivity index (χ0) is 19.9. The maximum absolute atomic E-state index is 13.3. The number of nitro groups is 1. The number of hydrogen-bond donors (Lipinski definition) is 0. The van der Waals surface area contributed by atoms with Gasteiger partial charge in [-0.3, -0.25) is 19.2 Å². The number of anilines is 1. The van der Waals surface area contributed by atoms with Gasteiger partial charge in [-0.2, -0.15) is 0 Å². The summed E-state index contributed by atoms with van der Waals surface area (Å²) >= 11 is 0. The van der Waals surface area contributed by atoms with E-state index in [1.807, 2.05) is 0 Å². The van der Waals surface area contributed by atoms with Crippen molar-refractivity contribution in [1.82, 2.24) is 0 Å². The largest absolute Gasteiger partial charge is 0.292 e. The van der Waals surface area contributed by atoms with Crippen LogP contribution in [0.5, 0.6) is 0 Å². The van der Waals surface area contributed by atoms with Crippen LogP contribution in [-0.2, 0) is 10.0 Å². The van der Waals surface area contributed by atoms with Gasteiger partial charge in [-0.1, -0.05) is 42.5 Å². The molecule has 0 N–H and O–H groups in total. The molecule has 0 atom stereocenters. The van der Waals surface area contributed by atoms with E-state index >= 15 is 0 Å². The van der Waals surface area contributed by atoms with Crippen molar-refractivity contribution in [2.24, 2.45) is 0 Å². The molecule has 0 saturated heterocycles. The van der Waals surface area contributed by atoms with Crippen molar-refractivity contribution < 1.29 is 18.1 Å². The molecule has 28 heavy (non-hydrogen) atoms. The van der Waals surface area contributed by atoms with Crippen molar-refractivity contribution in [3.63, 3.8) is 0 Å². The van der Waals surface area contributed by atoms with Crippen molar-refractivity contribution in [3.8, 4) is 11.1 Å². The minimum absolute atomic E-state index is 0.119. The number of benzene rings is 3. The van der Waals surface area contributed by atoms with E-state index in [1.54, 1.807) is 48.5 Å². The maximum atomic E-state index is 13.3. The van der Waals surface area contributed by atoms with Crippen LogP contribution in [0, 0.1) is 10.1 Å². The first-order valence-electron chi connectivity index (χ1n) is 8.38. The SMILES string of the molecule is O=C1CN(S(=O)(=O)c2ccc([N+](=O)[O-])cc2)c2ccccc2-c2ccccc21. The Labute approximate surface area is 161 Å². The van der Waals surface area contributed by atoms with Crippen molar-refractivity contribution in [2.75, 3.05) is 10.8 Å². The minimum Gasteiger partial charge on any atom is -0.292 e. The highest BCUT2D eigenvalue weighted by Gasteiger charge is 2.33. The molecule has 7 nitrogen and oxygen atoms in total. The Bertz CT molecular complexity index is 1200. The predicted molar refractivity (Wildman–Crippen MR) is 104 cm³/mol. The van der Waals surface area contributed by atoms with Gasteiger partial charge in [-0.15, -0.1) is 0 Å². The summed E-state index contributed by atoms with van der Waals surface area (Å²) in [5.74, 6) is -0.322. The normalized spacial score (nSPS) is 13.4. The topological polar surface area (TPSA) is 97.6 Å². The molecular formula is C20H14N2O5S. The summed E-state index contributed by atoms with van der Waals surface area (Å²) in [5.41, 5.74) is 1.94. The summed E-state index contributed by atoms with van der Waals surface area (Å²) in [4.78, 5) is 22.9. The van der Waals surface area contributed by atoms with Crippen LogP contribution in [0.15, 0.2) is 77.7 Å². The van der Waals surface area contributed by atoms with Crippen LogP contribution >= 0.6 is 0 Å². The Morgan fingerprint density at radius 1 is 0.821 bits per heavy atom. The first-order valence-corrected chi connectivity index (χ1v) is 9.82. The summed E-state index contributed by atoms with van der Waals surface area (Å²) in [6.07, 6.45) is 0. The lowest BCUT2D eigenvalue weighted by Gasteiger charge is -2.24. The Kier molecular flexibility index (Phi) is 4.20. The van der Waals surface area contributed by atoms with Gasteiger partial charge >= 0.3 is 0 Å². The zero-order valence-corrected chi connectivity index (χ0v) is 15.3. The van der Waals surface area contributed by atoms with E-state index in [0.29, 0.717) is 22.4 Å². The highest BCUT2D eigenvalue weighted by Crippen LogP contribution is 2.38. The van der Waals surface area contributed by atoms with E-state index in [1.165, 1.54) is 12.1 Å². The smallest absolute Gasteiger partial charge is 0.269 e. The molecule has 0 aromatic heterocycles. The van der Waals surface area contributed by atoms with Gasteiger partial charge < -0.3 is 0 Å². The first-order chi connectivity index (χ1) is 13.4. The second-order valence-corrected chi connectivity index (χ2v) is 8.11. The Balaban J connectivity index is 1.88. The van der Waals surface area contributed by atoms with Gasteiger partial charge in [-0.25, -0.2) is 8.42 Å². The number of hydrogen-bond acceptors (Lipinski definition) is 5. The Morgan fingerprint density at radius 2 is 1.39 bits per heavy atom.